The van der Waals surface area contributed by atoms with E-state index in [0.717, 1.165) is 18.1 Å². The molecule has 1 aromatic carbocycles. The third-order valence-electron chi connectivity index (χ3n) is 3.96. The predicted octanol–water partition coefficient (Wildman–Crippen LogP) is 2.46. The van der Waals surface area contributed by atoms with E-state index < -0.39 is 0 Å². The van der Waals surface area contributed by atoms with E-state index in [2.05, 4.69) is 17.2 Å². The second-order valence-corrected chi connectivity index (χ2v) is 6.61. The quantitative estimate of drug-likeness (QED) is 0.844. The van der Waals surface area contributed by atoms with Crippen molar-refractivity contribution < 1.29 is 9.53 Å². The molecular weight excluding hydrogens is 310 g/mol. The Kier molecular flexibility index (Phi) is 5.35. The highest BCUT2D eigenvalue weighted by Gasteiger charge is 2.30. The molecule has 0 radical (unpaired) electrons. The molecule has 0 saturated carbocycles. The number of amides is 1. The summed E-state index contributed by atoms with van der Waals surface area (Å²) in [5.41, 5.74) is 1.70. The number of hydrogen-bond donors (Lipinski definition) is 0. The molecule has 1 saturated heterocycles. The van der Waals surface area contributed by atoms with E-state index in [1.54, 1.807) is 17.9 Å². The molecule has 23 heavy (non-hydrogen) atoms. The summed E-state index contributed by atoms with van der Waals surface area (Å²) in [4.78, 5) is 14.8. The maximum Gasteiger partial charge on any atom is 0.274 e. The molecule has 1 atom stereocenters. The first-order valence-electron chi connectivity index (χ1n) is 7.75. The summed E-state index contributed by atoms with van der Waals surface area (Å²) in [7, 11) is 1.66. The van der Waals surface area contributed by atoms with Crippen LogP contribution in [-0.4, -0.2) is 52.4 Å². The van der Waals surface area contributed by atoms with Crippen molar-refractivity contribution in [3.63, 3.8) is 0 Å². The van der Waals surface area contributed by atoms with Crippen LogP contribution in [0, 0.1) is 0 Å². The van der Waals surface area contributed by atoms with E-state index in [-0.39, 0.29) is 11.9 Å². The molecule has 6 heteroatoms. The lowest BCUT2D eigenvalue weighted by Gasteiger charge is -2.35. The monoisotopic (exact) mass is 331 g/mol. The topological polar surface area (TPSA) is 47.4 Å². The van der Waals surface area contributed by atoms with Crippen LogP contribution in [0.5, 0.6) is 0 Å². The second-order valence-electron chi connectivity index (χ2n) is 5.46. The van der Waals surface area contributed by atoms with Gasteiger partial charge in [0.1, 0.15) is 5.69 Å². The van der Waals surface area contributed by atoms with Crippen LogP contribution >= 0.6 is 11.8 Å². The molecule has 3 rings (SSSR count). The Labute approximate surface area is 140 Å². The number of methoxy groups -OCH3 is 1. The van der Waals surface area contributed by atoms with Gasteiger partial charge in [0.05, 0.1) is 19.2 Å². The van der Waals surface area contributed by atoms with Crippen molar-refractivity contribution in [3.8, 4) is 0 Å². The number of aromatic nitrogens is 2. The van der Waals surface area contributed by atoms with Crippen LogP contribution in [-0.2, 0) is 11.3 Å². The van der Waals surface area contributed by atoms with E-state index in [1.165, 1.54) is 5.56 Å². The third-order valence-corrected chi connectivity index (χ3v) is 4.98. The van der Waals surface area contributed by atoms with Gasteiger partial charge in [0.25, 0.3) is 5.91 Å². The van der Waals surface area contributed by atoms with Gasteiger partial charge >= 0.3 is 0 Å². The van der Waals surface area contributed by atoms with E-state index in [0.29, 0.717) is 18.8 Å². The minimum absolute atomic E-state index is 0.00956. The maximum absolute atomic E-state index is 12.9. The van der Waals surface area contributed by atoms with Crippen LogP contribution < -0.4 is 0 Å². The highest BCUT2D eigenvalue weighted by atomic mass is 32.2. The Bertz CT molecular complexity index is 644. The van der Waals surface area contributed by atoms with E-state index in [1.807, 2.05) is 41.1 Å². The van der Waals surface area contributed by atoms with Crippen molar-refractivity contribution in [3.05, 3.63) is 53.9 Å². The minimum atomic E-state index is 0.00956. The number of carbonyl (C=O) groups is 1. The zero-order chi connectivity index (χ0) is 16.1. The van der Waals surface area contributed by atoms with Crippen LogP contribution in [0.4, 0.5) is 0 Å². The normalized spacial score (nSPS) is 18.1. The van der Waals surface area contributed by atoms with Gasteiger partial charge in [-0.25, -0.2) is 0 Å². The molecule has 0 N–H and O–H groups in total. The number of carbonyl (C=O) groups excluding carboxylic acids is 1. The van der Waals surface area contributed by atoms with Crippen LogP contribution in [0.2, 0.25) is 0 Å². The van der Waals surface area contributed by atoms with Gasteiger partial charge in [-0.05, 0) is 11.6 Å². The lowest BCUT2D eigenvalue weighted by atomic mass is 10.1. The minimum Gasteiger partial charge on any atom is -0.383 e. The molecule has 0 aliphatic carbocycles. The Hall–Kier alpha value is -1.79. The smallest absolute Gasteiger partial charge is 0.274 e. The first kappa shape index (κ1) is 16.1. The van der Waals surface area contributed by atoms with Gasteiger partial charge in [-0.15, -0.1) is 0 Å². The first-order valence-corrected chi connectivity index (χ1v) is 8.91. The van der Waals surface area contributed by atoms with E-state index >= 15 is 0 Å². The van der Waals surface area contributed by atoms with Crippen LogP contribution in [0.1, 0.15) is 22.1 Å². The molecule has 1 fully saturated rings. The molecule has 5 nitrogen and oxygen atoms in total. The largest absolute Gasteiger partial charge is 0.383 e. The molecular formula is C17H21N3O2S. The van der Waals surface area contributed by atoms with Crippen LogP contribution in [0.3, 0.4) is 0 Å². The van der Waals surface area contributed by atoms with Gasteiger partial charge in [-0.3, -0.25) is 9.48 Å². The predicted molar refractivity (Wildman–Crippen MR) is 91.6 cm³/mol. The van der Waals surface area contributed by atoms with Gasteiger partial charge < -0.3 is 9.64 Å². The summed E-state index contributed by atoms with van der Waals surface area (Å²) in [5, 5.41) is 4.39. The third kappa shape index (κ3) is 3.76. The van der Waals surface area contributed by atoms with E-state index in [9.17, 15) is 4.79 Å². The highest BCUT2D eigenvalue weighted by molar-refractivity contribution is 7.99. The van der Waals surface area contributed by atoms with Crippen LogP contribution in [0.15, 0.2) is 42.6 Å². The lowest BCUT2D eigenvalue weighted by molar-refractivity contribution is 0.0694. The number of benzene rings is 1. The molecule has 0 spiro atoms. The summed E-state index contributed by atoms with van der Waals surface area (Å²) in [6.07, 6.45) is 1.84. The SMILES string of the molecule is COCCn1ccc(C(=O)N2CCSC[C@H]2c2ccccc2)n1. The van der Waals surface area contributed by atoms with Gasteiger partial charge in [0.2, 0.25) is 0 Å². The Morgan fingerprint density at radius 3 is 2.96 bits per heavy atom. The van der Waals surface area contributed by atoms with Gasteiger partial charge in [0.15, 0.2) is 0 Å². The molecule has 1 aliphatic rings. The Morgan fingerprint density at radius 1 is 1.35 bits per heavy atom. The lowest BCUT2D eigenvalue weighted by Crippen LogP contribution is -2.41. The highest BCUT2D eigenvalue weighted by Crippen LogP contribution is 2.30. The van der Waals surface area contributed by atoms with Gasteiger partial charge in [-0.2, -0.15) is 16.9 Å². The molecule has 2 aromatic rings. The van der Waals surface area contributed by atoms with Gasteiger partial charge in [-0.1, -0.05) is 30.3 Å². The van der Waals surface area contributed by atoms with Crippen molar-refractivity contribution in [1.82, 2.24) is 14.7 Å². The summed E-state index contributed by atoms with van der Waals surface area (Å²) < 4.78 is 6.80. The number of rotatable bonds is 5. The second kappa shape index (κ2) is 7.66. The average Bonchev–Trinajstić information content (AvgIpc) is 3.09. The number of hydrogen-bond acceptors (Lipinski definition) is 4. The van der Waals surface area contributed by atoms with Crippen molar-refractivity contribution in [2.75, 3.05) is 31.8 Å². The fraction of sp³-hybridized carbons (Fsp3) is 0.412. The zero-order valence-electron chi connectivity index (χ0n) is 13.2. The summed E-state index contributed by atoms with van der Waals surface area (Å²) in [5.74, 6) is 1.91. The molecule has 1 aromatic heterocycles. The number of thioether (sulfide) groups is 1. The Balaban J connectivity index is 1.77. The summed E-state index contributed by atoms with van der Waals surface area (Å²) >= 11 is 1.89. The van der Waals surface area contributed by atoms with Crippen LogP contribution in [0.25, 0.3) is 0 Å². The van der Waals surface area contributed by atoms with Crippen molar-refractivity contribution in [2.45, 2.75) is 12.6 Å². The summed E-state index contributed by atoms with van der Waals surface area (Å²) in [6, 6.07) is 12.1. The fourth-order valence-corrected chi connectivity index (χ4v) is 3.82. The molecule has 2 heterocycles. The van der Waals surface area contributed by atoms with E-state index in [4.69, 9.17) is 4.74 Å². The standard InChI is InChI=1S/C17H21N3O2S/c1-22-11-9-19-8-7-15(18-19)17(21)20-10-12-23-13-16(20)14-5-3-2-4-6-14/h2-8,16H,9-13H2,1H3/t16-/m0/s1. The molecule has 0 bridgehead atoms. The zero-order valence-corrected chi connectivity index (χ0v) is 14.0. The fourth-order valence-electron chi connectivity index (χ4n) is 2.73. The number of nitrogens with zero attached hydrogens (tertiary/aromatic N) is 3. The van der Waals surface area contributed by atoms with Gasteiger partial charge in [0, 0.05) is 31.4 Å². The Morgan fingerprint density at radius 2 is 2.17 bits per heavy atom. The molecule has 122 valence electrons. The molecule has 1 amide bonds. The molecule has 1 aliphatic heterocycles. The van der Waals surface area contributed by atoms with Crippen molar-refractivity contribution in [1.29, 1.82) is 0 Å². The first-order chi connectivity index (χ1) is 11.3. The van der Waals surface area contributed by atoms with Crippen molar-refractivity contribution in [2.24, 2.45) is 0 Å². The maximum atomic E-state index is 12.9. The average molecular weight is 331 g/mol. The van der Waals surface area contributed by atoms with Crippen molar-refractivity contribution >= 4 is 17.7 Å². The molecule has 0 unspecified atom stereocenters. The summed E-state index contributed by atoms with van der Waals surface area (Å²) in [6.45, 7) is 2.00. The number of ether oxygens (including phenoxy) is 1.